The van der Waals surface area contributed by atoms with Crippen LogP contribution in [0, 0.1) is 5.41 Å². The lowest BCUT2D eigenvalue weighted by atomic mass is 9.65. The number of rotatable bonds is 2. The molecule has 5 rings (SSSR count). The van der Waals surface area contributed by atoms with Crippen LogP contribution in [-0.2, 0) is 18.0 Å². The second-order valence-corrected chi connectivity index (χ2v) is 9.58. The fraction of sp³-hybridized carbons (Fsp3) is 0.478. The normalized spacial score (nSPS) is 18.5. The summed E-state index contributed by atoms with van der Waals surface area (Å²) in [6.07, 6.45) is 0.840. The van der Waals surface area contributed by atoms with Gasteiger partial charge in [0.05, 0.1) is 28.1 Å². The van der Waals surface area contributed by atoms with Crippen molar-refractivity contribution < 1.29 is 13.2 Å². The van der Waals surface area contributed by atoms with Gasteiger partial charge in [-0.15, -0.1) is 0 Å². The molecule has 0 saturated heterocycles. The highest BCUT2D eigenvalue weighted by Crippen LogP contribution is 2.48. The smallest absolute Gasteiger partial charge is 0.326 e. The highest BCUT2D eigenvalue weighted by Gasteiger charge is 2.45. The van der Waals surface area contributed by atoms with Gasteiger partial charge in [0, 0.05) is 17.3 Å². The standard InChI is InChI=1S/C23H24F3N5/c1-21(2,3)17-7-5-15-14(28-17)6-8-18(29-15)22(9-4-10-22)20-30-16-11-13(23(24,25)26)12-27-19(16)31-20/h6,8,11-12H,4-5,7,9-10H2,1-3H3,(H,27,30,31). The van der Waals surface area contributed by atoms with E-state index in [1.807, 2.05) is 12.1 Å². The summed E-state index contributed by atoms with van der Waals surface area (Å²) in [5.74, 6) is 0.641. The fourth-order valence-electron chi connectivity index (χ4n) is 4.45. The summed E-state index contributed by atoms with van der Waals surface area (Å²) in [5, 5.41) is 0. The Morgan fingerprint density at radius 2 is 1.81 bits per heavy atom. The predicted octanol–water partition coefficient (Wildman–Crippen LogP) is 5.91. The molecule has 1 aliphatic carbocycles. The molecule has 4 heterocycles. The molecule has 5 nitrogen and oxygen atoms in total. The number of alkyl halides is 3. The molecule has 1 aliphatic heterocycles. The molecule has 1 fully saturated rings. The van der Waals surface area contributed by atoms with Crippen LogP contribution in [0.1, 0.15) is 69.2 Å². The van der Waals surface area contributed by atoms with Gasteiger partial charge in [0.1, 0.15) is 11.3 Å². The molecule has 31 heavy (non-hydrogen) atoms. The Bertz CT molecular complexity index is 1200. The highest BCUT2D eigenvalue weighted by molar-refractivity contribution is 5.93. The average molecular weight is 427 g/mol. The van der Waals surface area contributed by atoms with Crippen LogP contribution in [-0.4, -0.2) is 25.6 Å². The molecule has 0 atom stereocenters. The largest absolute Gasteiger partial charge is 0.417 e. The summed E-state index contributed by atoms with van der Waals surface area (Å²) in [7, 11) is 0. The molecule has 3 aromatic rings. The summed E-state index contributed by atoms with van der Waals surface area (Å²) in [4.78, 5) is 21.5. The molecule has 0 radical (unpaired) electrons. The lowest BCUT2D eigenvalue weighted by Gasteiger charge is -2.40. The van der Waals surface area contributed by atoms with Gasteiger partial charge >= 0.3 is 6.18 Å². The van der Waals surface area contributed by atoms with Gasteiger partial charge in [-0.2, -0.15) is 13.2 Å². The van der Waals surface area contributed by atoms with Crippen LogP contribution in [0.4, 0.5) is 18.9 Å². The van der Waals surface area contributed by atoms with E-state index >= 15 is 0 Å². The molecule has 3 aromatic heterocycles. The van der Waals surface area contributed by atoms with Crippen molar-refractivity contribution in [1.82, 2.24) is 19.9 Å². The topological polar surface area (TPSA) is 66.8 Å². The molecule has 8 heteroatoms. The summed E-state index contributed by atoms with van der Waals surface area (Å²) < 4.78 is 39.2. The molecule has 0 aromatic carbocycles. The Morgan fingerprint density at radius 3 is 2.45 bits per heavy atom. The average Bonchev–Trinajstić information content (AvgIpc) is 3.08. The number of H-pyrrole nitrogens is 1. The molecule has 0 unspecified atom stereocenters. The Labute approximate surface area is 178 Å². The van der Waals surface area contributed by atoms with Gasteiger partial charge in [-0.3, -0.25) is 9.98 Å². The van der Waals surface area contributed by atoms with Crippen LogP contribution >= 0.6 is 0 Å². The number of hydrogen-bond acceptors (Lipinski definition) is 4. The van der Waals surface area contributed by atoms with Gasteiger partial charge in [-0.05, 0) is 43.9 Å². The van der Waals surface area contributed by atoms with E-state index in [0.717, 1.165) is 61.4 Å². The van der Waals surface area contributed by atoms with E-state index in [9.17, 15) is 13.2 Å². The third-order valence-electron chi connectivity index (χ3n) is 6.48. The minimum Gasteiger partial charge on any atom is -0.326 e. The van der Waals surface area contributed by atoms with Crippen molar-refractivity contribution in [1.29, 1.82) is 0 Å². The number of nitrogens with one attached hydrogen (secondary N) is 1. The van der Waals surface area contributed by atoms with Crippen LogP contribution in [0.5, 0.6) is 0 Å². The van der Waals surface area contributed by atoms with Crippen LogP contribution < -0.4 is 0 Å². The van der Waals surface area contributed by atoms with Crippen LogP contribution in [0.15, 0.2) is 29.4 Å². The van der Waals surface area contributed by atoms with E-state index in [1.165, 1.54) is 5.71 Å². The van der Waals surface area contributed by atoms with Crippen LogP contribution in [0.3, 0.4) is 0 Å². The number of aliphatic imine (C=N–C) groups is 1. The zero-order chi connectivity index (χ0) is 22.0. The van der Waals surface area contributed by atoms with Crippen molar-refractivity contribution in [2.24, 2.45) is 10.4 Å². The van der Waals surface area contributed by atoms with E-state index in [0.29, 0.717) is 11.5 Å². The number of aryl methyl sites for hydroxylation is 1. The van der Waals surface area contributed by atoms with E-state index in [2.05, 4.69) is 35.7 Å². The maximum Gasteiger partial charge on any atom is 0.417 e. The molecular formula is C23H24F3N5. The maximum absolute atomic E-state index is 13.1. The number of hydrogen-bond donors (Lipinski definition) is 1. The second-order valence-electron chi connectivity index (χ2n) is 9.58. The molecule has 1 saturated carbocycles. The second kappa shape index (κ2) is 6.61. The first-order chi connectivity index (χ1) is 14.6. The Morgan fingerprint density at radius 1 is 1.03 bits per heavy atom. The summed E-state index contributed by atoms with van der Waals surface area (Å²) in [6, 6.07) is 5.07. The third kappa shape index (κ3) is 3.32. The molecule has 1 N–H and O–H groups in total. The molecule has 0 bridgehead atoms. The zero-order valence-electron chi connectivity index (χ0n) is 17.8. The number of halogens is 3. The van der Waals surface area contributed by atoms with Crippen molar-refractivity contribution in [2.45, 2.75) is 64.5 Å². The van der Waals surface area contributed by atoms with E-state index in [-0.39, 0.29) is 10.9 Å². The SMILES string of the molecule is CC(C)(C)C1=Nc2ccc(C3(c4nc5cc(C(F)(F)F)cnc5[nH]4)CCC3)nc2CC1. The number of imidazole rings is 1. The van der Waals surface area contributed by atoms with Crippen molar-refractivity contribution in [3.63, 3.8) is 0 Å². The Kier molecular flexibility index (Phi) is 4.30. The quantitative estimate of drug-likeness (QED) is 0.553. The first kappa shape index (κ1) is 20.2. The van der Waals surface area contributed by atoms with Gasteiger partial charge in [-0.25, -0.2) is 9.97 Å². The number of nitrogens with zero attached hydrogens (tertiary/aromatic N) is 4. The minimum absolute atomic E-state index is 0.0299. The third-order valence-corrected chi connectivity index (χ3v) is 6.48. The summed E-state index contributed by atoms with van der Waals surface area (Å²) in [5.41, 5.74) is 3.39. The number of fused-ring (bicyclic) bond motifs is 2. The first-order valence-corrected chi connectivity index (χ1v) is 10.6. The monoisotopic (exact) mass is 427 g/mol. The van der Waals surface area contributed by atoms with Crippen LogP contribution in [0.2, 0.25) is 0 Å². The van der Waals surface area contributed by atoms with Gasteiger partial charge in [0.15, 0.2) is 5.65 Å². The van der Waals surface area contributed by atoms with Crippen LogP contribution in [0.25, 0.3) is 11.2 Å². The van der Waals surface area contributed by atoms with Crippen molar-refractivity contribution in [3.05, 3.63) is 47.2 Å². The lowest BCUT2D eigenvalue weighted by molar-refractivity contribution is -0.137. The van der Waals surface area contributed by atoms with Gasteiger partial charge in [0.25, 0.3) is 0 Å². The van der Waals surface area contributed by atoms with Gasteiger partial charge in [0.2, 0.25) is 0 Å². The minimum atomic E-state index is -4.44. The first-order valence-electron chi connectivity index (χ1n) is 10.6. The van der Waals surface area contributed by atoms with Crippen molar-refractivity contribution in [2.75, 3.05) is 0 Å². The number of aromatic nitrogens is 4. The maximum atomic E-state index is 13.1. The Balaban J connectivity index is 1.55. The highest BCUT2D eigenvalue weighted by atomic mass is 19.4. The molecule has 2 aliphatic rings. The zero-order valence-corrected chi connectivity index (χ0v) is 17.8. The van der Waals surface area contributed by atoms with E-state index < -0.39 is 17.2 Å². The van der Waals surface area contributed by atoms with E-state index in [1.54, 1.807) is 0 Å². The molecule has 162 valence electrons. The van der Waals surface area contributed by atoms with E-state index in [4.69, 9.17) is 9.98 Å². The van der Waals surface area contributed by atoms with Gasteiger partial charge in [-0.1, -0.05) is 27.2 Å². The fourth-order valence-corrected chi connectivity index (χ4v) is 4.45. The summed E-state index contributed by atoms with van der Waals surface area (Å²) in [6.45, 7) is 6.51. The number of pyridine rings is 2. The molecular weight excluding hydrogens is 403 g/mol. The predicted molar refractivity (Wildman–Crippen MR) is 113 cm³/mol. The Hall–Kier alpha value is -2.77. The summed E-state index contributed by atoms with van der Waals surface area (Å²) >= 11 is 0. The lowest BCUT2D eigenvalue weighted by Crippen LogP contribution is -2.38. The van der Waals surface area contributed by atoms with Crippen molar-refractivity contribution >= 4 is 22.6 Å². The number of aromatic amines is 1. The van der Waals surface area contributed by atoms with Gasteiger partial charge < -0.3 is 4.98 Å². The van der Waals surface area contributed by atoms with Crippen molar-refractivity contribution in [3.8, 4) is 0 Å². The molecule has 0 spiro atoms. The molecule has 0 amide bonds.